The van der Waals surface area contributed by atoms with Gasteiger partial charge in [0.2, 0.25) is 5.91 Å². The summed E-state index contributed by atoms with van der Waals surface area (Å²) < 4.78 is 0. The number of anilines is 1. The molecule has 0 aliphatic carbocycles. The summed E-state index contributed by atoms with van der Waals surface area (Å²) in [4.78, 5) is 17.0. The van der Waals surface area contributed by atoms with Crippen molar-refractivity contribution >= 4 is 11.6 Å². The van der Waals surface area contributed by atoms with Gasteiger partial charge in [0, 0.05) is 49.9 Å². The van der Waals surface area contributed by atoms with E-state index in [9.17, 15) is 4.79 Å². The lowest BCUT2D eigenvalue weighted by Gasteiger charge is -2.36. The van der Waals surface area contributed by atoms with Gasteiger partial charge in [0.15, 0.2) is 0 Å². The van der Waals surface area contributed by atoms with Crippen LogP contribution in [0.25, 0.3) is 0 Å². The number of nitrogens with zero attached hydrogens (tertiary/aromatic N) is 2. The van der Waals surface area contributed by atoms with Gasteiger partial charge >= 0.3 is 0 Å². The van der Waals surface area contributed by atoms with Gasteiger partial charge in [-0.1, -0.05) is 32.9 Å². The summed E-state index contributed by atoms with van der Waals surface area (Å²) in [5.74, 6) is 0.138. The number of amides is 1. The van der Waals surface area contributed by atoms with Crippen LogP contribution in [0.15, 0.2) is 24.3 Å². The second kappa shape index (κ2) is 8.02. The third-order valence-electron chi connectivity index (χ3n) is 4.68. The van der Waals surface area contributed by atoms with Crippen LogP contribution in [0.5, 0.6) is 0 Å². The Hall–Kier alpha value is -1.55. The Balaban J connectivity index is 1.72. The van der Waals surface area contributed by atoms with E-state index in [1.165, 1.54) is 11.3 Å². The monoisotopic (exact) mass is 331 g/mol. The molecule has 1 aliphatic heterocycles. The van der Waals surface area contributed by atoms with Crippen LogP contribution in [0.1, 0.15) is 39.7 Å². The zero-order valence-electron chi connectivity index (χ0n) is 15.9. The first-order valence-corrected chi connectivity index (χ1v) is 9.10. The van der Waals surface area contributed by atoms with Gasteiger partial charge in [-0.15, -0.1) is 0 Å². The molecule has 4 heteroatoms. The zero-order valence-corrected chi connectivity index (χ0v) is 15.9. The maximum atomic E-state index is 12.0. The smallest absolute Gasteiger partial charge is 0.225 e. The summed E-state index contributed by atoms with van der Waals surface area (Å²) in [7, 11) is 0. The van der Waals surface area contributed by atoms with Gasteiger partial charge in [0.25, 0.3) is 0 Å². The molecule has 0 spiro atoms. The molecule has 1 heterocycles. The largest absolute Gasteiger partial charge is 0.369 e. The van der Waals surface area contributed by atoms with Gasteiger partial charge < -0.3 is 10.2 Å². The molecule has 134 valence electrons. The van der Waals surface area contributed by atoms with E-state index in [2.05, 4.69) is 53.2 Å². The van der Waals surface area contributed by atoms with Gasteiger partial charge in [-0.3, -0.25) is 9.69 Å². The Morgan fingerprint density at radius 1 is 1.21 bits per heavy atom. The number of hydrogen-bond donors (Lipinski definition) is 1. The van der Waals surface area contributed by atoms with Crippen molar-refractivity contribution in [2.45, 2.75) is 47.1 Å². The van der Waals surface area contributed by atoms with Crippen LogP contribution in [0.4, 0.5) is 5.69 Å². The fourth-order valence-electron chi connectivity index (χ4n) is 2.94. The van der Waals surface area contributed by atoms with Crippen molar-refractivity contribution in [2.24, 2.45) is 5.41 Å². The SMILES string of the molecule is Cc1cccc(N2CCN(CC[C@@H](C)NC(=O)C(C)(C)C)CC2)c1. The Bertz CT molecular complexity index is 542. The molecular weight excluding hydrogens is 298 g/mol. The maximum absolute atomic E-state index is 12.0. The van der Waals surface area contributed by atoms with E-state index in [4.69, 9.17) is 0 Å². The van der Waals surface area contributed by atoms with Crippen LogP contribution in [0.3, 0.4) is 0 Å². The van der Waals surface area contributed by atoms with Crippen LogP contribution in [-0.4, -0.2) is 49.6 Å². The van der Waals surface area contributed by atoms with Crippen molar-refractivity contribution in [3.8, 4) is 0 Å². The van der Waals surface area contributed by atoms with E-state index in [1.807, 2.05) is 20.8 Å². The topological polar surface area (TPSA) is 35.6 Å². The molecule has 0 unspecified atom stereocenters. The number of carbonyl (C=O) groups is 1. The van der Waals surface area contributed by atoms with Crippen molar-refractivity contribution in [3.63, 3.8) is 0 Å². The molecule has 1 aromatic carbocycles. The van der Waals surface area contributed by atoms with Crippen molar-refractivity contribution in [3.05, 3.63) is 29.8 Å². The molecule has 24 heavy (non-hydrogen) atoms. The molecule has 1 amide bonds. The van der Waals surface area contributed by atoms with Gasteiger partial charge in [-0.05, 0) is 38.0 Å². The number of carbonyl (C=O) groups excluding carboxylic acids is 1. The third kappa shape index (κ3) is 5.52. The van der Waals surface area contributed by atoms with Crippen LogP contribution >= 0.6 is 0 Å². The van der Waals surface area contributed by atoms with Crippen molar-refractivity contribution in [1.29, 1.82) is 0 Å². The molecule has 1 saturated heterocycles. The van der Waals surface area contributed by atoms with Gasteiger partial charge in [0.1, 0.15) is 0 Å². The number of aryl methyl sites for hydroxylation is 1. The van der Waals surface area contributed by atoms with E-state index in [1.54, 1.807) is 0 Å². The summed E-state index contributed by atoms with van der Waals surface area (Å²) in [5.41, 5.74) is 2.34. The first-order chi connectivity index (χ1) is 11.3. The molecule has 1 aliphatic rings. The van der Waals surface area contributed by atoms with E-state index in [0.717, 1.165) is 39.1 Å². The third-order valence-corrected chi connectivity index (χ3v) is 4.68. The number of nitrogens with one attached hydrogen (secondary N) is 1. The minimum atomic E-state index is -0.312. The molecule has 0 saturated carbocycles. The van der Waals surface area contributed by atoms with Crippen LogP contribution in [0.2, 0.25) is 0 Å². The lowest BCUT2D eigenvalue weighted by atomic mass is 9.95. The van der Waals surface area contributed by atoms with Crippen LogP contribution in [0, 0.1) is 12.3 Å². The number of piperazine rings is 1. The second-order valence-electron chi connectivity index (χ2n) is 8.08. The molecule has 1 fully saturated rings. The standard InChI is InChI=1S/C20H33N3O/c1-16-7-6-8-18(15-16)23-13-11-22(12-14-23)10-9-17(2)21-19(24)20(3,4)5/h6-8,15,17H,9-14H2,1-5H3,(H,21,24)/t17-/m1/s1. The first-order valence-electron chi connectivity index (χ1n) is 9.10. The second-order valence-corrected chi connectivity index (χ2v) is 8.08. The summed E-state index contributed by atoms with van der Waals surface area (Å²) in [6, 6.07) is 8.97. The number of benzene rings is 1. The fourth-order valence-corrected chi connectivity index (χ4v) is 2.94. The molecule has 1 N–H and O–H groups in total. The number of rotatable bonds is 5. The summed E-state index contributed by atoms with van der Waals surface area (Å²) in [6.45, 7) is 15.5. The molecule has 1 aromatic rings. The average molecular weight is 332 g/mol. The van der Waals surface area contributed by atoms with E-state index >= 15 is 0 Å². The minimum Gasteiger partial charge on any atom is -0.369 e. The molecule has 4 nitrogen and oxygen atoms in total. The van der Waals surface area contributed by atoms with Crippen molar-refractivity contribution in [2.75, 3.05) is 37.6 Å². The minimum absolute atomic E-state index is 0.138. The summed E-state index contributed by atoms with van der Waals surface area (Å²) >= 11 is 0. The lowest BCUT2D eigenvalue weighted by molar-refractivity contribution is -0.129. The average Bonchev–Trinajstić information content (AvgIpc) is 2.52. The lowest BCUT2D eigenvalue weighted by Crippen LogP contribution is -2.48. The molecule has 0 radical (unpaired) electrons. The Morgan fingerprint density at radius 2 is 1.88 bits per heavy atom. The van der Waals surface area contributed by atoms with Gasteiger partial charge in [0.05, 0.1) is 0 Å². The predicted octanol–water partition coefficient (Wildman–Crippen LogP) is 3.06. The predicted molar refractivity (Wildman–Crippen MR) is 102 cm³/mol. The number of hydrogen-bond acceptors (Lipinski definition) is 3. The summed E-state index contributed by atoms with van der Waals surface area (Å²) in [6.07, 6.45) is 1.01. The molecular formula is C20H33N3O. The normalized spacial score (nSPS) is 17.6. The Morgan fingerprint density at radius 3 is 2.46 bits per heavy atom. The summed E-state index contributed by atoms with van der Waals surface area (Å²) in [5, 5.41) is 3.12. The quantitative estimate of drug-likeness (QED) is 0.901. The highest BCUT2D eigenvalue weighted by atomic mass is 16.2. The van der Waals surface area contributed by atoms with Crippen LogP contribution < -0.4 is 10.2 Å². The van der Waals surface area contributed by atoms with E-state index in [-0.39, 0.29) is 17.4 Å². The highest BCUT2D eigenvalue weighted by molar-refractivity contribution is 5.81. The van der Waals surface area contributed by atoms with Gasteiger partial charge in [-0.2, -0.15) is 0 Å². The van der Waals surface area contributed by atoms with Crippen molar-refractivity contribution in [1.82, 2.24) is 10.2 Å². The highest BCUT2D eigenvalue weighted by Gasteiger charge is 2.23. The molecule has 0 aromatic heterocycles. The van der Waals surface area contributed by atoms with E-state index < -0.39 is 0 Å². The Labute approximate surface area is 147 Å². The molecule has 0 bridgehead atoms. The van der Waals surface area contributed by atoms with Crippen molar-refractivity contribution < 1.29 is 4.79 Å². The van der Waals surface area contributed by atoms with E-state index in [0.29, 0.717) is 0 Å². The molecule has 1 atom stereocenters. The van der Waals surface area contributed by atoms with Gasteiger partial charge in [-0.25, -0.2) is 0 Å². The Kier molecular flexibility index (Phi) is 6.27. The first kappa shape index (κ1) is 18.8. The maximum Gasteiger partial charge on any atom is 0.225 e. The highest BCUT2D eigenvalue weighted by Crippen LogP contribution is 2.18. The fraction of sp³-hybridized carbons (Fsp3) is 0.650. The molecule has 2 rings (SSSR count). The van der Waals surface area contributed by atoms with Crippen LogP contribution in [-0.2, 0) is 4.79 Å². The zero-order chi connectivity index (χ0) is 17.7.